The minimum absolute atomic E-state index is 0.0906. The van der Waals surface area contributed by atoms with Crippen LogP contribution in [-0.2, 0) is 9.59 Å². The number of carbonyl (C=O) groups excluding carboxylic acids is 2. The summed E-state index contributed by atoms with van der Waals surface area (Å²) in [6, 6.07) is 20.0. The van der Waals surface area contributed by atoms with Gasteiger partial charge in [-0.05, 0) is 75.2 Å². The molecule has 1 aliphatic rings. The number of Topliss-reactive ketones (excluding diaryl/α,β-unsaturated/α-hetero) is 1. The van der Waals surface area contributed by atoms with E-state index in [2.05, 4.69) is 34.7 Å². The van der Waals surface area contributed by atoms with Crippen molar-refractivity contribution in [2.45, 2.75) is 33.7 Å². The molecule has 0 radical (unpaired) electrons. The van der Waals surface area contributed by atoms with Gasteiger partial charge in [-0.2, -0.15) is 0 Å². The zero-order valence-corrected chi connectivity index (χ0v) is 22.0. The minimum atomic E-state index is -0.743. The van der Waals surface area contributed by atoms with Crippen LogP contribution in [0, 0.1) is 13.8 Å². The Morgan fingerprint density at radius 3 is 2.14 bits per heavy atom. The predicted octanol–water partition coefficient (Wildman–Crippen LogP) is 6.54. The summed E-state index contributed by atoms with van der Waals surface area (Å²) >= 11 is 3.48. The number of hydrogen-bond donors (Lipinski definition) is 1. The van der Waals surface area contributed by atoms with E-state index in [1.807, 2.05) is 68.4 Å². The lowest BCUT2D eigenvalue weighted by Crippen LogP contribution is -2.29. The van der Waals surface area contributed by atoms with Crippen LogP contribution in [0.1, 0.15) is 42.1 Å². The number of halogens is 1. The zero-order valence-electron chi connectivity index (χ0n) is 20.4. The Bertz CT molecular complexity index is 1290. The highest BCUT2D eigenvalue weighted by atomic mass is 79.9. The third kappa shape index (κ3) is 4.63. The highest BCUT2D eigenvalue weighted by Gasteiger charge is 2.47. The summed E-state index contributed by atoms with van der Waals surface area (Å²) < 4.78 is 0.901. The average molecular weight is 533 g/mol. The maximum atomic E-state index is 13.3. The number of rotatable bonds is 6. The molecule has 6 heteroatoms. The molecule has 0 bridgehead atoms. The van der Waals surface area contributed by atoms with Gasteiger partial charge in [0.25, 0.3) is 11.7 Å². The van der Waals surface area contributed by atoms with E-state index in [0.29, 0.717) is 11.3 Å². The van der Waals surface area contributed by atoms with Crippen molar-refractivity contribution in [3.05, 3.63) is 99.0 Å². The summed E-state index contributed by atoms with van der Waals surface area (Å²) in [6.45, 7) is 9.83. The fraction of sp³-hybridized carbons (Fsp3) is 0.241. The van der Waals surface area contributed by atoms with Crippen LogP contribution in [0.15, 0.2) is 76.8 Å². The summed E-state index contributed by atoms with van der Waals surface area (Å²) in [6.07, 6.45) is 0. The first-order chi connectivity index (χ1) is 16.8. The smallest absolute Gasteiger partial charge is 0.300 e. The van der Waals surface area contributed by atoms with Gasteiger partial charge in [-0.15, -0.1) is 0 Å². The second-order valence-electron chi connectivity index (χ2n) is 8.73. The summed E-state index contributed by atoms with van der Waals surface area (Å²) in [4.78, 5) is 30.4. The van der Waals surface area contributed by atoms with Crippen molar-refractivity contribution < 1.29 is 14.7 Å². The number of aryl methyl sites for hydroxylation is 2. The second-order valence-corrected chi connectivity index (χ2v) is 9.59. The number of anilines is 2. The van der Waals surface area contributed by atoms with Gasteiger partial charge in [-0.3, -0.25) is 14.5 Å². The molecule has 1 heterocycles. The Kier molecular flexibility index (Phi) is 7.13. The van der Waals surface area contributed by atoms with Gasteiger partial charge in [0.15, 0.2) is 0 Å². The number of benzene rings is 3. The van der Waals surface area contributed by atoms with E-state index in [4.69, 9.17) is 0 Å². The average Bonchev–Trinajstić information content (AvgIpc) is 3.12. The molecular weight excluding hydrogens is 504 g/mol. The molecule has 0 aliphatic carbocycles. The second kappa shape index (κ2) is 10.1. The van der Waals surface area contributed by atoms with Gasteiger partial charge in [0.1, 0.15) is 5.76 Å². The first kappa shape index (κ1) is 24.7. The Hall–Kier alpha value is -3.38. The molecule has 1 unspecified atom stereocenters. The third-order valence-corrected chi connectivity index (χ3v) is 7.42. The molecule has 1 fully saturated rings. The Labute approximate surface area is 214 Å². The van der Waals surface area contributed by atoms with Crippen molar-refractivity contribution >= 4 is 44.8 Å². The van der Waals surface area contributed by atoms with E-state index < -0.39 is 17.7 Å². The van der Waals surface area contributed by atoms with Crippen LogP contribution in [0.3, 0.4) is 0 Å². The zero-order chi connectivity index (χ0) is 25.3. The van der Waals surface area contributed by atoms with Gasteiger partial charge in [-0.1, -0.05) is 51.8 Å². The first-order valence-corrected chi connectivity index (χ1v) is 12.5. The molecule has 0 spiro atoms. The normalized spacial score (nSPS) is 17.2. The number of hydrogen-bond acceptors (Lipinski definition) is 4. The van der Waals surface area contributed by atoms with E-state index in [1.54, 1.807) is 12.1 Å². The lowest BCUT2D eigenvalue weighted by molar-refractivity contribution is -0.132. The predicted molar refractivity (Wildman–Crippen MR) is 145 cm³/mol. The van der Waals surface area contributed by atoms with Gasteiger partial charge < -0.3 is 10.0 Å². The molecule has 1 saturated heterocycles. The first-order valence-electron chi connectivity index (χ1n) is 11.8. The van der Waals surface area contributed by atoms with Gasteiger partial charge in [0, 0.05) is 34.5 Å². The molecule has 3 aromatic carbocycles. The highest BCUT2D eigenvalue weighted by molar-refractivity contribution is 9.10. The van der Waals surface area contributed by atoms with Crippen LogP contribution in [0.5, 0.6) is 0 Å². The van der Waals surface area contributed by atoms with E-state index in [1.165, 1.54) is 4.90 Å². The van der Waals surface area contributed by atoms with Crippen molar-refractivity contribution in [3.63, 3.8) is 0 Å². The molecule has 0 saturated carbocycles. The lowest BCUT2D eigenvalue weighted by Gasteiger charge is -2.27. The van der Waals surface area contributed by atoms with Crippen LogP contribution in [0.25, 0.3) is 5.76 Å². The fourth-order valence-corrected chi connectivity index (χ4v) is 4.77. The minimum Gasteiger partial charge on any atom is -0.507 e. The quantitative estimate of drug-likeness (QED) is 0.222. The molecule has 5 nitrogen and oxygen atoms in total. The largest absolute Gasteiger partial charge is 0.507 e. The molecule has 3 aromatic rings. The van der Waals surface area contributed by atoms with Crippen molar-refractivity contribution in [3.8, 4) is 0 Å². The van der Waals surface area contributed by atoms with E-state index in [0.717, 1.165) is 39.9 Å². The Morgan fingerprint density at radius 2 is 1.57 bits per heavy atom. The van der Waals surface area contributed by atoms with Crippen LogP contribution in [-0.4, -0.2) is 29.9 Å². The number of aliphatic hydroxyl groups is 1. The Balaban J connectivity index is 1.90. The molecule has 1 N–H and O–H groups in total. The standard InChI is InChI=1S/C29H29BrN2O3/c1-5-31(6-2)22-14-9-20(10-15-22)26-25(27(33)21-11-16-24(30)19(4)17-21)28(34)29(35)32(26)23-12-7-18(3)8-13-23/h7-17,26,33H,5-6H2,1-4H3/b27-25-. The third-order valence-electron chi connectivity index (χ3n) is 6.53. The SMILES string of the molecule is CCN(CC)c1ccc(C2/C(=C(/O)c3ccc(Br)c(C)c3)C(=O)C(=O)N2c2ccc(C)cc2)cc1. The monoisotopic (exact) mass is 532 g/mol. The molecule has 180 valence electrons. The van der Waals surface area contributed by atoms with E-state index >= 15 is 0 Å². The number of ketones is 1. The number of nitrogens with zero attached hydrogens (tertiary/aromatic N) is 2. The van der Waals surface area contributed by atoms with E-state index in [9.17, 15) is 14.7 Å². The molecule has 1 amide bonds. The summed E-state index contributed by atoms with van der Waals surface area (Å²) in [5.41, 5.74) is 5.00. The van der Waals surface area contributed by atoms with Crippen molar-refractivity contribution in [2.24, 2.45) is 0 Å². The number of amides is 1. The van der Waals surface area contributed by atoms with E-state index in [-0.39, 0.29) is 11.3 Å². The van der Waals surface area contributed by atoms with Gasteiger partial charge in [0.05, 0.1) is 11.6 Å². The topological polar surface area (TPSA) is 60.9 Å². The fourth-order valence-electron chi connectivity index (χ4n) is 4.52. The van der Waals surface area contributed by atoms with Crippen molar-refractivity contribution in [1.29, 1.82) is 0 Å². The number of carbonyl (C=O) groups is 2. The molecule has 1 atom stereocenters. The Morgan fingerprint density at radius 1 is 0.943 bits per heavy atom. The molecule has 35 heavy (non-hydrogen) atoms. The maximum absolute atomic E-state index is 13.3. The van der Waals surface area contributed by atoms with Crippen LogP contribution < -0.4 is 9.80 Å². The van der Waals surface area contributed by atoms with Crippen molar-refractivity contribution in [2.75, 3.05) is 22.9 Å². The van der Waals surface area contributed by atoms with Gasteiger partial charge >= 0.3 is 0 Å². The number of aliphatic hydroxyl groups excluding tert-OH is 1. The van der Waals surface area contributed by atoms with Crippen LogP contribution in [0.2, 0.25) is 0 Å². The summed E-state index contributed by atoms with van der Waals surface area (Å²) in [5, 5.41) is 11.3. The van der Waals surface area contributed by atoms with Gasteiger partial charge in [0.2, 0.25) is 0 Å². The highest BCUT2D eigenvalue weighted by Crippen LogP contribution is 2.42. The lowest BCUT2D eigenvalue weighted by atomic mass is 9.94. The maximum Gasteiger partial charge on any atom is 0.300 e. The van der Waals surface area contributed by atoms with Crippen molar-refractivity contribution in [1.82, 2.24) is 0 Å². The summed E-state index contributed by atoms with van der Waals surface area (Å²) in [7, 11) is 0. The molecule has 0 aromatic heterocycles. The van der Waals surface area contributed by atoms with Crippen LogP contribution in [0.4, 0.5) is 11.4 Å². The molecule has 4 rings (SSSR count). The van der Waals surface area contributed by atoms with Gasteiger partial charge in [-0.25, -0.2) is 0 Å². The molecular formula is C29H29BrN2O3. The van der Waals surface area contributed by atoms with Crippen LogP contribution >= 0.6 is 15.9 Å². The molecule has 1 aliphatic heterocycles. The summed E-state index contributed by atoms with van der Waals surface area (Å²) in [5.74, 6) is -1.52.